The number of hydrogen-bond donors (Lipinski definition) is 1. The van der Waals surface area contributed by atoms with Gasteiger partial charge in [0.25, 0.3) is 0 Å². The van der Waals surface area contributed by atoms with Crippen molar-refractivity contribution in [3.8, 4) is 0 Å². The summed E-state index contributed by atoms with van der Waals surface area (Å²) >= 11 is 0. The van der Waals surface area contributed by atoms with Gasteiger partial charge in [0.05, 0.1) is 0 Å². The van der Waals surface area contributed by atoms with Gasteiger partial charge in [-0.3, -0.25) is 9.59 Å². The fraction of sp³-hybridized carbons (Fsp3) is 0.379. The number of nitrogens with one attached hydrogen (secondary N) is 1. The summed E-state index contributed by atoms with van der Waals surface area (Å²) in [6.07, 6.45) is 6.67. The smallest absolute Gasteiger partial charge is 0.242 e. The van der Waals surface area contributed by atoms with E-state index in [1.165, 1.54) is 22.8 Å². The van der Waals surface area contributed by atoms with Crippen LogP contribution in [0.25, 0.3) is 10.8 Å². The van der Waals surface area contributed by atoms with Gasteiger partial charge < -0.3 is 10.2 Å². The molecule has 0 aliphatic heterocycles. The van der Waals surface area contributed by atoms with Gasteiger partial charge in [-0.05, 0) is 48.1 Å². The Balaban J connectivity index is 1.48. The van der Waals surface area contributed by atoms with E-state index in [1.54, 1.807) is 4.90 Å². The van der Waals surface area contributed by atoms with Crippen LogP contribution in [0.1, 0.15) is 56.6 Å². The van der Waals surface area contributed by atoms with Crippen molar-refractivity contribution in [2.75, 3.05) is 0 Å². The minimum absolute atomic E-state index is 0.0121. The van der Waals surface area contributed by atoms with E-state index in [-0.39, 0.29) is 17.9 Å². The molecule has 1 unspecified atom stereocenters. The van der Waals surface area contributed by atoms with E-state index in [9.17, 15) is 9.59 Å². The van der Waals surface area contributed by atoms with Crippen molar-refractivity contribution in [3.05, 3.63) is 83.9 Å². The van der Waals surface area contributed by atoms with Crippen LogP contribution in [0.5, 0.6) is 0 Å². The fourth-order valence-corrected chi connectivity index (χ4v) is 4.83. The molecule has 0 aromatic heterocycles. The number of rotatable bonds is 8. The van der Waals surface area contributed by atoms with Gasteiger partial charge in [0.2, 0.25) is 11.8 Å². The average molecular weight is 443 g/mol. The highest BCUT2D eigenvalue weighted by Crippen LogP contribution is 2.21. The van der Waals surface area contributed by atoms with Crippen molar-refractivity contribution < 1.29 is 9.59 Å². The molecule has 4 nitrogen and oxygen atoms in total. The largest absolute Gasteiger partial charge is 0.352 e. The highest BCUT2D eigenvalue weighted by atomic mass is 16.2. The summed E-state index contributed by atoms with van der Waals surface area (Å²) in [5, 5.41) is 5.57. The zero-order chi connectivity index (χ0) is 23.0. The molecule has 1 fully saturated rings. The molecule has 0 saturated heterocycles. The lowest BCUT2D eigenvalue weighted by atomic mass is 9.95. The molecule has 1 N–H and O–H groups in total. The van der Waals surface area contributed by atoms with Crippen LogP contribution < -0.4 is 5.32 Å². The normalized spacial score (nSPS) is 15.2. The zero-order valence-corrected chi connectivity index (χ0v) is 19.5. The summed E-state index contributed by atoms with van der Waals surface area (Å²) < 4.78 is 0. The molecule has 2 amide bonds. The summed E-state index contributed by atoms with van der Waals surface area (Å²) in [5.74, 6) is -0.0329. The van der Waals surface area contributed by atoms with Crippen molar-refractivity contribution in [1.29, 1.82) is 0 Å². The summed E-state index contributed by atoms with van der Waals surface area (Å²) in [6.45, 7) is 2.30. The van der Waals surface area contributed by atoms with E-state index in [1.807, 2.05) is 55.5 Å². The molecule has 0 bridgehead atoms. The molecule has 0 spiro atoms. The Morgan fingerprint density at radius 2 is 1.61 bits per heavy atom. The maximum atomic E-state index is 13.4. The minimum Gasteiger partial charge on any atom is -0.352 e. The highest BCUT2D eigenvalue weighted by molar-refractivity contribution is 5.89. The summed E-state index contributed by atoms with van der Waals surface area (Å²) in [4.78, 5) is 28.3. The Bertz CT molecular complexity index is 1070. The lowest BCUT2D eigenvalue weighted by molar-refractivity contribution is -0.141. The van der Waals surface area contributed by atoms with Crippen molar-refractivity contribution in [1.82, 2.24) is 10.2 Å². The number of carbonyl (C=O) groups is 2. The van der Waals surface area contributed by atoms with E-state index in [0.717, 1.165) is 31.2 Å². The van der Waals surface area contributed by atoms with Crippen molar-refractivity contribution in [2.24, 2.45) is 0 Å². The van der Waals surface area contributed by atoms with E-state index in [4.69, 9.17) is 0 Å². The Morgan fingerprint density at radius 1 is 0.909 bits per heavy atom. The van der Waals surface area contributed by atoms with Gasteiger partial charge in [-0.15, -0.1) is 0 Å². The van der Waals surface area contributed by atoms with Crippen LogP contribution >= 0.6 is 0 Å². The van der Waals surface area contributed by atoms with Gasteiger partial charge in [0, 0.05) is 19.0 Å². The first-order valence-corrected chi connectivity index (χ1v) is 12.2. The molecular weight excluding hydrogens is 408 g/mol. The topological polar surface area (TPSA) is 49.4 Å². The van der Waals surface area contributed by atoms with E-state index < -0.39 is 6.04 Å². The standard InChI is InChI=1S/C29H34N2O2/c1-22(29(33)30-26-16-6-3-7-17-26)31(21-23-11-4-2-5-12-23)28(32)20-19-25-15-10-14-24-13-8-9-18-27(24)25/h2,4-5,8-15,18,22,26H,3,6-7,16-17,19-21H2,1H3,(H,30,33). The van der Waals surface area contributed by atoms with Crippen molar-refractivity contribution in [3.63, 3.8) is 0 Å². The van der Waals surface area contributed by atoms with Gasteiger partial charge in [-0.25, -0.2) is 0 Å². The lowest BCUT2D eigenvalue weighted by Gasteiger charge is -2.31. The lowest BCUT2D eigenvalue weighted by Crippen LogP contribution is -2.50. The van der Waals surface area contributed by atoms with Crippen LogP contribution in [-0.2, 0) is 22.6 Å². The third kappa shape index (κ3) is 6.01. The summed E-state index contributed by atoms with van der Waals surface area (Å²) in [6, 6.07) is 24.2. The third-order valence-corrected chi connectivity index (χ3v) is 6.80. The molecule has 33 heavy (non-hydrogen) atoms. The Morgan fingerprint density at radius 3 is 2.39 bits per heavy atom. The van der Waals surface area contributed by atoms with Crippen LogP contribution in [0.2, 0.25) is 0 Å². The second-order valence-electron chi connectivity index (χ2n) is 9.17. The van der Waals surface area contributed by atoms with E-state index >= 15 is 0 Å². The van der Waals surface area contributed by atoms with Gasteiger partial charge in [0.15, 0.2) is 0 Å². The quantitative estimate of drug-likeness (QED) is 0.491. The third-order valence-electron chi connectivity index (χ3n) is 6.80. The van der Waals surface area contributed by atoms with Crippen molar-refractivity contribution in [2.45, 2.75) is 70.5 Å². The number of amides is 2. The number of aryl methyl sites for hydroxylation is 1. The van der Waals surface area contributed by atoms with Gasteiger partial charge in [0.1, 0.15) is 6.04 Å². The molecule has 3 aromatic rings. The molecular formula is C29H34N2O2. The molecule has 4 heteroatoms. The molecule has 172 valence electrons. The van der Waals surface area contributed by atoms with Crippen LogP contribution in [0.4, 0.5) is 0 Å². The average Bonchev–Trinajstić information content (AvgIpc) is 2.86. The molecule has 3 aromatic carbocycles. The van der Waals surface area contributed by atoms with Gasteiger partial charge in [-0.2, -0.15) is 0 Å². The molecule has 1 aliphatic carbocycles. The molecule has 1 saturated carbocycles. The molecule has 1 atom stereocenters. The highest BCUT2D eigenvalue weighted by Gasteiger charge is 2.28. The second-order valence-corrected chi connectivity index (χ2v) is 9.17. The second kappa shape index (κ2) is 11.1. The van der Waals surface area contributed by atoms with Crippen LogP contribution in [0.15, 0.2) is 72.8 Å². The number of carbonyl (C=O) groups excluding carboxylic acids is 2. The number of nitrogens with zero attached hydrogens (tertiary/aromatic N) is 1. The Labute approximate surface area is 197 Å². The first-order chi connectivity index (χ1) is 16.1. The maximum Gasteiger partial charge on any atom is 0.242 e. The molecule has 0 radical (unpaired) electrons. The first-order valence-electron chi connectivity index (χ1n) is 12.2. The molecule has 1 aliphatic rings. The maximum absolute atomic E-state index is 13.4. The predicted molar refractivity (Wildman–Crippen MR) is 134 cm³/mol. The van der Waals surface area contributed by atoms with Crippen LogP contribution in [0, 0.1) is 0 Å². The van der Waals surface area contributed by atoms with Gasteiger partial charge >= 0.3 is 0 Å². The summed E-state index contributed by atoms with van der Waals surface area (Å²) in [5.41, 5.74) is 2.20. The van der Waals surface area contributed by atoms with Crippen LogP contribution in [-0.4, -0.2) is 28.8 Å². The number of fused-ring (bicyclic) bond motifs is 1. The Hall–Kier alpha value is -3.14. The number of benzene rings is 3. The van der Waals surface area contributed by atoms with Crippen LogP contribution in [0.3, 0.4) is 0 Å². The zero-order valence-electron chi connectivity index (χ0n) is 19.5. The fourth-order valence-electron chi connectivity index (χ4n) is 4.83. The predicted octanol–water partition coefficient (Wildman–Crippen LogP) is 5.64. The number of hydrogen-bond acceptors (Lipinski definition) is 2. The van der Waals surface area contributed by atoms with E-state index in [0.29, 0.717) is 19.4 Å². The van der Waals surface area contributed by atoms with Gasteiger partial charge in [-0.1, -0.05) is 92.1 Å². The van der Waals surface area contributed by atoms with Crippen molar-refractivity contribution >= 4 is 22.6 Å². The van der Waals surface area contributed by atoms with E-state index in [2.05, 4.69) is 29.6 Å². The molecule has 4 rings (SSSR count). The minimum atomic E-state index is -0.507. The monoisotopic (exact) mass is 442 g/mol. The first kappa shape index (κ1) is 23.0. The summed E-state index contributed by atoms with van der Waals surface area (Å²) in [7, 11) is 0. The SMILES string of the molecule is CC(C(=O)NC1CCCCC1)N(Cc1ccccc1)C(=O)CCc1cccc2ccccc12. The molecule has 0 heterocycles. The Kier molecular flexibility index (Phi) is 7.77.